The monoisotopic (exact) mass is 377 g/mol. The zero-order valence-electron chi connectivity index (χ0n) is 12.4. The van der Waals surface area contributed by atoms with Gasteiger partial charge in [-0.3, -0.25) is 0 Å². The van der Waals surface area contributed by atoms with Gasteiger partial charge in [0.1, 0.15) is 10.6 Å². The number of benzene rings is 2. The summed E-state index contributed by atoms with van der Waals surface area (Å²) in [6.07, 6.45) is 0. The van der Waals surface area contributed by atoms with Gasteiger partial charge in [-0.25, -0.2) is 12.8 Å². The van der Waals surface area contributed by atoms with Gasteiger partial charge in [-0.15, -0.1) is 0 Å². The van der Waals surface area contributed by atoms with Gasteiger partial charge in [-0.1, -0.05) is 29.3 Å². The molecule has 0 aromatic heterocycles. The highest BCUT2D eigenvalue weighted by Gasteiger charge is 2.26. The normalized spacial score (nSPS) is 11.7. The lowest BCUT2D eigenvalue weighted by molar-refractivity contribution is 0.397. The molecule has 2 aromatic carbocycles. The number of rotatable bonds is 5. The zero-order valence-corrected chi connectivity index (χ0v) is 14.7. The molecule has 0 bridgehead atoms. The molecule has 0 radical (unpaired) electrons. The molecule has 4 nitrogen and oxygen atoms in total. The standard InChI is InChI=1S/C15H14Cl2FNO3S/c1-19(9-10-8-11(16)6-7-13(10)22-2)23(20,21)14-5-3-4-12(17)15(14)18/h3-8H,9H2,1-2H3. The van der Waals surface area contributed by atoms with Crippen LogP contribution in [-0.4, -0.2) is 26.9 Å². The summed E-state index contributed by atoms with van der Waals surface area (Å²) >= 11 is 11.6. The van der Waals surface area contributed by atoms with Gasteiger partial charge in [0.25, 0.3) is 0 Å². The molecule has 124 valence electrons. The maximum Gasteiger partial charge on any atom is 0.246 e. The number of nitrogens with zero attached hydrogens (tertiary/aromatic N) is 1. The first kappa shape index (κ1) is 18.0. The minimum absolute atomic E-state index is 0.0297. The molecule has 0 unspecified atom stereocenters. The number of halogens is 3. The molecule has 0 fully saturated rings. The van der Waals surface area contributed by atoms with Crippen LogP contribution in [0.3, 0.4) is 0 Å². The minimum atomic E-state index is -4.05. The Morgan fingerprint density at radius 2 is 1.91 bits per heavy atom. The van der Waals surface area contributed by atoms with Crippen molar-refractivity contribution in [2.75, 3.05) is 14.2 Å². The average Bonchev–Trinajstić information content (AvgIpc) is 2.50. The van der Waals surface area contributed by atoms with Crippen molar-refractivity contribution in [3.8, 4) is 5.75 Å². The SMILES string of the molecule is COc1ccc(Cl)cc1CN(C)S(=O)(=O)c1cccc(Cl)c1F. The van der Waals surface area contributed by atoms with Crippen molar-refractivity contribution in [1.29, 1.82) is 0 Å². The molecule has 2 aromatic rings. The van der Waals surface area contributed by atoms with Gasteiger partial charge in [-0.05, 0) is 30.3 Å². The van der Waals surface area contributed by atoms with Gasteiger partial charge in [0.2, 0.25) is 10.0 Å². The topological polar surface area (TPSA) is 46.6 Å². The number of hydrogen-bond donors (Lipinski definition) is 0. The summed E-state index contributed by atoms with van der Waals surface area (Å²) in [7, 11) is -1.24. The predicted molar refractivity (Wildman–Crippen MR) is 88.1 cm³/mol. The summed E-state index contributed by atoms with van der Waals surface area (Å²) < 4.78 is 45.3. The van der Waals surface area contributed by atoms with E-state index in [1.54, 1.807) is 18.2 Å². The van der Waals surface area contributed by atoms with Gasteiger partial charge < -0.3 is 4.74 Å². The van der Waals surface area contributed by atoms with E-state index in [9.17, 15) is 12.8 Å². The Kier molecular flexibility index (Phi) is 5.52. The van der Waals surface area contributed by atoms with Crippen molar-refractivity contribution >= 4 is 33.2 Å². The summed E-state index contributed by atoms with van der Waals surface area (Å²) in [4.78, 5) is -0.478. The van der Waals surface area contributed by atoms with Crippen LogP contribution in [0.1, 0.15) is 5.56 Å². The molecule has 0 aliphatic carbocycles. The van der Waals surface area contributed by atoms with E-state index in [2.05, 4.69) is 0 Å². The van der Waals surface area contributed by atoms with E-state index in [1.165, 1.54) is 32.4 Å². The molecule has 0 heterocycles. The van der Waals surface area contributed by atoms with Gasteiger partial charge in [0, 0.05) is 24.2 Å². The van der Waals surface area contributed by atoms with E-state index < -0.39 is 20.7 Å². The van der Waals surface area contributed by atoms with E-state index >= 15 is 0 Å². The van der Waals surface area contributed by atoms with Crippen LogP contribution in [0, 0.1) is 5.82 Å². The first-order chi connectivity index (χ1) is 10.8. The van der Waals surface area contributed by atoms with E-state index in [1.807, 2.05) is 0 Å². The highest BCUT2D eigenvalue weighted by atomic mass is 35.5. The second-order valence-corrected chi connectivity index (χ2v) is 7.63. The zero-order chi connectivity index (χ0) is 17.2. The minimum Gasteiger partial charge on any atom is -0.496 e. The molecule has 0 amide bonds. The third kappa shape index (κ3) is 3.77. The van der Waals surface area contributed by atoms with Gasteiger partial charge in [-0.2, -0.15) is 4.31 Å². The quantitative estimate of drug-likeness (QED) is 0.791. The number of methoxy groups -OCH3 is 1. The largest absolute Gasteiger partial charge is 0.496 e. The van der Waals surface area contributed by atoms with E-state index in [-0.39, 0.29) is 11.6 Å². The van der Waals surface area contributed by atoms with E-state index in [0.717, 1.165) is 4.31 Å². The fraction of sp³-hybridized carbons (Fsp3) is 0.200. The van der Waals surface area contributed by atoms with Gasteiger partial charge in [0.05, 0.1) is 12.1 Å². The molecule has 23 heavy (non-hydrogen) atoms. The summed E-state index contributed by atoms with van der Waals surface area (Å²) in [6.45, 7) is -0.0297. The molecule has 0 N–H and O–H groups in total. The van der Waals surface area contributed by atoms with Crippen molar-refractivity contribution in [3.05, 3.63) is 57.8 Å². The fourth-order valence-corrected chi connectivity index (χ4v) is 3.70. The molecule has 2 rings (SSSR count). The van der Waals surface area contributed by atoms with Crippen LogP contribution in [0.15, 0.2) is 41.3 Å². The molecular formula is C15H14Cl2FNO3S. The van der Waals surface area contributed by atoms with Crippen LogP contribution in [0.2, 0.25) is 10.0 Å². The number of hydrogen-bond acceptors (Lipinski definition) is 3. The second kappa shape index (κ2) is 7.05. The molecule has 0 saturated heterocycles. The Bertz CT molecular complexity index is 827. The third-order valence-corrected chi connectivity index (χ3v) is 5.59. The Morgan fingerprint density at radius 3 is 2.57 bits per heavy atom. The number of ether oxygens (including phenoxy) is 1. The lowest BCUT2D eigenvalue weighted by Gasteiger charge is -2.19. The van der Waals surface area contributed by atoms with Gasteiger partial charge in [0.15, 0.2) is 5.82 Å². The Morgan fingerprint density at radius 1 is 1.22 bits per heavy atom. The van der Waals surface area contributed by atoms with Crippen LogP contribution in [-0.2, 0) is 16.6 Å². The lowest BCUT2D eigenvalue weighted by atomic mass is 10.2. The highest BCUT2D eigenvalue weighted by molar-refractivity contribution is 7.89. The molecular weight excluding hydrogens is 364 g/mol. The Balaban J connectivity index is 2.38. The molecule has 0 aliphatic rings. The maximum atomic E-state index is 14.0. The third-order valence-electron chi connectivity index (χ3n) is 3.24. The van der Waals surface area contributed by atoms with Crippen LogP contribution in [0.4, 0.5) is 4.39 Å². The smallest absolute Gasteiger partial charge is 0.246 e. The van der Waals surface area contributed by atoms with Crippen molar-refractivity contribution in [3.63, 3.8) is 0 Å². The molecule has 0 atom stereocenters. The number of sulfonamides is 1. The van der Waals surface area contributed by atoms with Crippen molar-refractivity contribution in [2.24, 2.45) is 0 Å². The Hall–Kier alpha value is -1.34. The summed E-state index contributed by atoms with van der Waals surface area (Å²) in [5, 5.41) is 0.195. The van der Waals surface area contributed by atoms with Crippen LogP contribution in [0.5, 0.6) is 5.75 Å². The van der Waals surface area contributed by atoms with Crippen molar-refractivity contribution in [1.82, 2.24) is 4.31 Å². The van der Waals surface area contributed by atoms with Crippen LogP contribution in [0.25, 0.3) is 0 Å². The summed E-state index contributed by atoms with van der Waals surface area (Å²) in [6, 6.07) is 8.71. The molecule has 0 spiro atoms. The molecule has 0 aliphatic heterocycles. The van der Waals surface area contributed by atoms with E-state index in [0.29, 0.717) is 16.3 Å². The van der Waals surface area contributed by atoms with Crippen LogP contribution < -0.4 is 4.74 Å². The first-order valence-corrected chi connectivity index (χ1v) is 8.69. The second-order valence-electron chi connectivity index (χ2n) is 4.77. The maximum absolute atomic E-state index is 14.0. The van der Waals surface area contributed by atoms with Crippen LogP contribution >= 0.6 is 23.2 Å². The molecule has 8 heteroatoms. The van der Waals surface area contributed by atoms with Crippen molar-refractivity contribution < 1.29 is 17.5 Å². The molecule has 0 saturated carbocycles. The highest BCUT2D eigenvalue weighted by Crippen LogP contribution is 2.28. The Labute approximate surface area is 144 Å². The summed E-state index contributed by atoms with van der Waals surface area (Å²) in [5.74, 6) is -0.484. The summed E-state index contributed by atoms with van der Waals surface area (Å²) in [5.41, 5.74) is 0.563. The van der Waals surface area contributed by atoms with E-state index in [4.69, 9.17) is 27.9 Å². The lowest BCUT2D eigenvalue weighted by Crippen LogP contribution is -2.27. The average molecular weight is 378 g/mol. The predicted octanol–water partition coefficient (Wildman–Crippen LogP) is 3.96. The van der Waals surface area contributed by atoms with Gasteiger partial charge >= 0.3 is 0 Å². The first-order valence-electron chi connectivity index (χ1n) is 6.50. The fourth-order valence-electron chi connectivity index (χ4n) is 2.05. The van der Waals surface area contributed by atoms with Crippen molar-refractivity contribution in [2.45, 2.75) is 11.4 Å².